The molecule has 7 heteroatoms. The molecule has 2 aliphatic rings. The fourth-order valence-corrected chi connectivity index (χ4v) is 4.99. The molecule has 7 nitrogen and oxygen atoms in total. The van der Waals surface area contributed by atoms with Gasteiger partial charge in [0, 0.05) is 45.2 Å². The van der Waals surface area contributed by atoms with Gasteiger partial charge in [-0.1, -0.05) is 36.8 Å². The van der Waals surface area contributed by atoms with Crippen LogP contribution in [-0.2, 0) is 18.3 Å². The minimum absolute atomic E-state index is 0.0567. The Morgan fingerprint density at radius 2 is 1.72 bits per heavy atom. The number of likely N-dealkylation sites (tertiary alicyclic amines) is 2. The molecule has 0 N–H and O–H groups in total. The third-order valence-electron chi connectivity index (χ3n) is 6.91. The lowest BCUT2D eigenvalue weighted by molar-refractivity contribution is -0.137. The van der Waals surface area contributed by atoms with Gasteiger partial charge in [0.25, 0.3) is 11.5 Å². The summed E-state index contributed by atoms with van der Waals surface area (Å²) in [4.78, 5) is 41.6. The van der Waals surface area contributed by atoms with Crippen molar-refractivity contribution < 1.29 is 9.59 Å². The third-order valence-corrected chi connectivity index (χ3v) is 6.91. The number of hydrogen-bond acceptors (Lipinski definition) is 4. The van der Waals surface area contributed by atoms with Crippen LogP contribution in [0.2, 0.25) is 0 Å². The van der Waals surface area contributed by atoms with Gasteiger partial charge in [0.15, 0.2) is 0 Å². The molecule has 2 aliphatic heterocycles. The average Bonchev–Trinajstić information content (AvgIpc) is 3.01. The average molecular weight is 437 g/mol. The Hall–Kier alpha value is -2.96. The summed E-state index contributed by atoms with van der Waals surface area (Å²) in [5.41, 5.74) is 1.33. The molecule has 2 aromatic rings. The molecule has 1 aromatic carbocycles. The number of rotatable bonds is 5. The van der Waals surface area contributed by atoms with Crippen molar-refractivity contribution in [1.29, 1.82) is 0 Å². The number of benzene rings is 1. The van der Waals surface area contributed by atoms with Gasteiger partial charge >= 0.3 is 0 Å². The van der Waals surface area contributed by atoms with E-state index in [1.807, 2.05) is 18.2 Å². The first-order valence-corrected chi connectivity index (χ1v) is 11.7. The molecule has 2 amide bonds. The maximum atomic E-state index is 13.4. The predicted octanol–water partition coefficient (Wildman–Crippen LogP) is 2.50. The van der Waals surface area contributed by atoms with E-state index in [4.69, 9.17) is 0 Å². The number of aromatic nitrogens is 2. The Morgan fingerprint density at radius 1 is 0.969 bits per heavy atom. The van der Waals surface area contributed by atoms with Crippen LogP contribution in [0.3, 0.4) is 0 Å². The first-order valence-electron chi connectivity index (χ1n) is 11.7. The molecule has 2 saturated heterocycles. The predicted molar refractivity (Wildman–Crippen MR) is 122 cm³/mol. The quantitative estimate of drug-likeness (QED) is 0.722. The van der Waals surface area contributed by atoms with Crippen LogP contribution in [0.25, 0.3) is 0 Å². The Kier molecular flexibility index (Phi) is 7.02. The van der Waals surface area contributed by atoms with Crippen LogP contribution in [-0.4, -0.2) is 57.6 Å². The number of aryl methyl sites for hydroxylation is 1. The van der Waals surface area contributed by atoms with Crippen molar-refractivity contribution in [2.75, 3.05) is 26.2 Å². The molecule has 2 fully saturated rings. The standard InChI is InChI=1S/C25H32N4O3/c1-27-23(30)11-10-22(26-27)25(32)29-17-13-20(14-18-29)21-9-5-6-15-28(24(21)31)16-12-19-7-3-2-4-8-19/h2-4,7-8,10-11,20-21H,5-6,9,12-18H2,1H3/t21-/m1/s1. The maximum Gasteiger partial charge on any atom is 0.274 e. The Morgan fingerprint density at radius 3 is 2.44 bits per heavy atom. The zero-order valence-electron chi connectivity index (χ0n) is 18.8. The molecular weight excluding hydrogens is 404 g/mol. The minimum atomic E-state index is -0.232. The summed E-state index contributed by atoms with van der Waals surface area (Å²) in [6.07, 6.45) is 5.65. The maximum absolute atomic E-state index is 13.4. The van der Waals surface area contributed by atoms with Crippen molar-refractivity contribution in [2.45, 2.75) is 38.5 Å². The highest BCUT2D eigenvalue weighted by atomic mass is 16.2. The molecule has 170 valence electrons. The molecule has 1 aromatic heterocycles. The molecule has 0 bridgehead atoms. The summed E-state index contributed by atoms with van der Waals surface area (Å²) >= 11 is 0. The first-order chi connectivity index (χ1) is 15.5. The van der Waals surface area contributed by atoms with Gasteiger partial charge < -0.3 is 9.80 Å². The van der Waals surface area contributed by atoms with Crippen molar-refractivity contribution in [3.05, 3.63) is 64.1 Å². The van der Waals surface area contributed by atoms with Gasteiger partial charge in [-0.2, -0.15) is 5.10 Å². The van der Waals surface area contributed by atoms with E-state index in [2.05, 4.69) is 22.1 Å². The van der Waals surface area contributed by atoms with Gasteiger partial charge in [0.2, 0.25) is 5.91 Å². The van der Waals surface area contributed by atoms with Crippen LogP contribution < -0.4 is 5.56 Å². The molecule has 0 unspecified atom stereocenters. The molecule has 0 saturated carbocycles. The summed E-state index contributed by atoms with van der Waals surface area (Å²) in [5.74, 6) is 0.525. The van der Waals surface area contributed by atoms with Gasteiger partial charge in [-0.3, -0.25) is 14.4 Å². The second-order valence-corrected chi connectivity index (χ2v) is 8.97. The van der Waals surface area contributed by atoms with Crippen molar-refractivity contribution in [3.8, 4) is 0 Å². The van der Waals surface area contributed by atoms with Gasteiger partial charge in [0.05, 0.1) is 0 Å². The summed E-state index contributed by atoms with van der Waals surface area (Å²) in [6, 6.07) is 13.2. The molecule has 0 radical (unpaired) electrons. The zero-order valence-corrected chi connectivity index (χ0v) is 18.8. The highest BCUT2D eigenvalue weighted by Gasteiger charge is 2.36. The summed E-state index contributed by atoms with van der Waals surface area (Å²) in [7, 11) is 1.55. The molecule has 32 heavy (non-hydrogen) atoms. The lowest BCUT2D eigenvalue weighted by Gasteiger charge is -2.36. The van der Waals surface area contributed by atoms with Crippen LogP contribution in [0.4, 0.5) is 0 Å². The van der Waals surface area contributed by atoms with Gasteiger partial charge in [0.1, 0.15) is 5.69 Å². The fraction of sp³-hybridized carbons (Fsp3) is 0.520. The third kappa shape index (κ3) is 5.09. The molecular formula is C25H32N4O3. The van der Waals surface area contributed by atoms with E-state index in [9.17, 15) is 14.4 Å². The number of nitrogens with zero attached hydrogens (tertiary/aromatic N) is 4. The normalized spacial score (nSPS) is 20.3. The van der Waals surface area contributed by atoms with Crippen molar-refractivity contribution in [3.63, 3.8) is 0 Å². The van der Waals surface area contributed by atoms with E-state index in [-0.39, 0.29) is 17.4 Å². The van der Waals surface area contributed by atoms with Crippen LogP contribution in [0, 0.1) is 11.8 Å². The highest BCUT2D eigenvalue weighted by Crippen LogP contribution is 2.32. The number of hydrogen-bond donors (Lipinski definition) is 0. The first kappa shape index (κ1) is 22.2. The van der Waals surface area contributed by atoms with Crippen molar-refractivity contribution in [1.82, 2.24) is 19.6 Å². The molecule has 3 heterocycles. The number of amides is 2. The van der Waals surface area contributed by atoms with Crippen LogP contribution in [0.1, 0.15) is 48.2 Å². The Labute approximate surface area is 189 Å². The summed E-state index contributed by atoms with van der Waals surface area (Å²) in [6.45, 7) is 2.87. The molecule has 0 spiro atoms. The molecule has 0 aliphatic carbocycles. The van der Waals surface area contributed by atoms with E-state index >= 15 is 0 Å². The fourth-order valence-electron chi connectivity index (χ4n) is 4.99. The van der Waals surface area contributed by atoms with Crippen LogP contribution in [0.5, 0.6) is 0 Å². The van der Waals surface area contributed by atoms with Gasteiger partial charge in [-0.25, -0.2) is 4.68 Å². The second-order valence-electron chi connectivity index (χ2n) is 8.97. The number of piperidine rings is 1. The van der Waals surface area contributed by atoms with Crippen LogP contribution >= 0.6 is 0 Å². The van der Waals surface area contributed by atoms with E-state index in [1.165, 1.54) is 22.4 Å². The number of carbonyl (C=O) groups excluding carboxylic acids is 2. The van der Waals surface area contributed by atoms with Gasteiger partial charge in [-0.15, -0.1) is 0 Å². The summed E-state index contributed by atoms with van der Waals surface area (Å²) in [5, 5.41) is 4.09. The number of carbonyl (C=O) groups is 2. The second kappa shape index (κ2) is 10.1. The topological polar surface area (TPSA) is 75.5 Å². The summed E-state index contributed by atoms with van der Waals surface area (Å²) < 4.78 is 1.19. The Bertz CT molecular complexity index is 996. The van der Waals surface area contributed by atoms with Gasteiger partial charge in [-0.05, 0) is 49.7 Å². The lowest BCUT2D eigenvalue weighted by atomic mass is 9.81. The largest absolute Gasteiger partial charge is 0.342 e. The van der Waals surface area contributed by atoms with Crippen molar-refractivity contribution in [2.24, 2.45) is 18.9 Å². The zero-order chi connectivity index (χ0) is 22.5. The van der Waals surface area contributed by atoms with Crippen LogP contribution in [0.15, 0.2) is 47.3 Å². The molecule has 4 rings (SSSR count). The SMILES string of the molecule is Cn1nc(C(=O)N2CCC([C@H]3CCCCN(CCc4ccccc4)C3=O)CC2)ccc1=O. The minimum Gasteiger partial charge on any atom is -0.342 e. The smallest absolute Gasteiger partial charge is 0.274 e. The van der Waals surface area contributed by atoms with Crippen molar-refractivity contribution >= 4 is 11.8 Å². The van der Waals surface area contributed by atoms with E-state index in [1.54, 1.807) is 11.9 Å². The van der Waals surface area contributed by atoms with E-state index in [0.717, 1.165) is 51.6 Å². The monoisotopic (exact) mass is 436 g/mol. The van der Waals surface area contributed by atoms with E-state index < -0.39 is 0 Å². The molecule has 1 atom stereocenters. The highest BCUT2D eigenvalue weighted by molar-refractivity contribution is 5.92. The lowest BCUT2D eigenvalue weighted by Crippen LogP contribution is -2.44. The Balaban J connectivity index is 1.35. The van der Waals surface area contributed by atoms with E-state index in [0.29, 0.717) is 30.6 Å².